The number of amides is 1. The van der Waals surface area contributed by atoms with Gasteiger partial charge in [0, 0.05) is 19.3 Å². The van der Waals surface area contributed by atoms with Crippen molar-refractivity contribution in [2.45, 2.75) is 25.5 Å². The summed E-state index contributed by atoms with van der Waals surface area (Å²) >= 11 is 3.35. The van der Waals surface area contributed by atoms with Gasteiger partial charge in [-0.05, 0) is 46.5 Å². The molecule has 0 spiro atoms. The summed E-state index contributed by atoms with van der Waals surface area (Å²) in [6.45, 7) is 1.34. The average Bonchev–Trinajstić information content (AvgIpc) is 2.47. The highest BCUT2D eigenvalue weighted by atomic mass is 79.9. The van der Waals surface area contributed by atoms with Gasteiger partial charge in [0.1, 0.15) is 5.75 Å². The Morgan fingerprint density at radius 1 is 1.45 bits per heavy atom. The first kappa shape index (κ1) is 15.3. The van der Waals surface area contributed by atoms with Gasteiger partial charge in [-0.15, -0.1) is 0 Å². The van der Waals surface area contributed by atoms with Gasteiger partial charge in [-0.2, -0.15) is 0 Å². The number of carbonyl (C=O) groups is 1. The lowest BCUT2D eigenvalue weighted by Gasteiger charge is -2.23. The van der Waals surface area contributed by atoms with Gasteiger partial charge in [-0.25, -0.2) is 0 Å². The molecule has 20 heavy (non-hydrogen) atoms. The zero-order valence-electron chi connectivity index (χ0n) is 11.1. The van der Waals surface area contributed by atoms with Crippen molar-refractivity contribution in [2.75, 3.05) is 19.8 Å². The van der Waals surface area contributed by atoms with Crippen molar-refractivity contribution in [3.8, 4) is 5.75 Å². The normalized spacial score (nSPS) is 15.9. The maximum atomic E-state index is 11.8. The lowest BCUT2D eigenvalue weighted by molar-refractivity contribution is -0.124. The van der Waals surface area contributed by atoms with E-state index in [1.54, 1.807) is 18.2 Å². The van der Waals surface area contributed by atoms with Crippen LogP contribution in [0.25, 0.3) is 0 Å². The Bertz CT molecular complexity index is 460. The molecule has 0 aliphatic carbocycles. The Morgan fingerprint density at radius 3 is 2.85 bits per heavy atom. The van der Waals surface area contributed by atoms with Crippen LogP contribution in [0.3, 0.4) is 0 Å². The van der Waals surface area contributed by atoms with Crippen LogP contribution in [0.5, 0.6) is 5.75 Å². The first-order chi connectivity index (χ1) is 9.69. The molecule has 2 rings (SSSR count). The summed E-state index contributed by atoms with van der Waals surface area (Å²) in [7, 11) is 0. The smallest absolute Gasteiger partial charge is 0.258 e. The molecule has 0 aromatic heterocycles. The van der Waals surface area contributed by atoms with E-state index in [9.17, 15) is 4.79 Å². The summed E-state index contributed by atoms with van der Waals surface area (Å²) in [5.41, 5.74) is 0.788. The molecule has 110 valence electrons. The van der Waals surface area contributed by atoms with Crippen molar-refractivity contribution < 1.29 is 19.4 Å². The number of hydrogen-bond acceptors (Lipinski definition) is 4. The van der Waals surface area contributed by atoms with Crippen molar-refractivity contribution in [1.82, 2.24) is 5.32 Å². The summed E-state index contributed by atoms with van der Waals surface area (Å²) < 4.78 is 11.4. The fourth-order valence-electron chi connectivity index (χ4n) is 2.01. The van der Waals surface area contributed by atoms with E-state index in [0.717, 1.165) is 22.9 Å². The number of aliphatic hydroxyl groups is 1. The quantitative estimate of drug-likeness (QED) is 0.852. The van der Waals surface area contributed by atoms with Gasteiger partial charge in [-0.1, -0.05) is 6.07 Å². The number of nitrogens with one attached hydrogen (secondary N) is 1. The van der Waals surface area contributed by atoms with Gasteiger partial charge in [0.05, 0.1) is 11.1 Å². The van der Waals surface area contributed by atoms with E-state index in [1.165, 1.54) is 0 Å². The summed E-state index contributed by atoms with van der Waals surface area (Å²) in [6.07, 6.45) is 1.70. The molecule has 1 aliphatic heterocycles. The van der Waals surface area contributed by atoms with Gasteiger partial charge in [0.2, 0.25) is 0 Å². The van der Waals surface area contributed by atoms with Crippen molar-refractivity contribution in [1.29, 1.82) is 0 Å². The fourth-order valence-corrected chi connectivity index (χ4v) is 2.55. The van der Waals surface area contributed by atoms with Crippen LogP contribution in [-0.4, -0.2) is 36.9 Å². The Morgan fingerprint density at radius 2 is 2.20 bits per heavy atom. The van der Waals surface area contributed by atoms with Crippen molar-refractivity contribution in [2.24, 2.45) is 0 Å². The highest BCUT2D eigenvalue weighted by Gasteiger charge is 2.16. The number of aliphatic hydroxyl groups excluding tert-OH is 1. The van der Waals surface area contributed by atoms with Crippen LogP contribution in [-0.2, 0) is 16.1 Å². The minimum Gasteiger partial charge on any atom is -0.483 e. The molecule has 6 heteroatoms. The first-order valence-corrected chi connectivity index (χ1v) is 7.37. The number of carbonyl (C=O) groups excluding carboxylic acids is 1. The molecule has 1 aliphatic rings. The first-order valence-electron chi connectivity index (χ1n) is 6.58. The average molecular weight is 344 g/mol. The Balaban J connectivity index is 1.80. The number of halogens is 1. The van der Waals surface area contributed by atoms with E-state index in [1.807, 2.05) is 0 Å². The minimum atomic E-state index is -0.130. The van der Waals surface area contributed by atoms with Crippen molar-refractivity contribution in [3.63, 3.8) is 0 Å². The van der Waals surface area contributed by atoms with E-state index < -0.39 is 0 Å². The minimum absolute atomic E-state index is 0.0194. The predicted molar refractivity (Wildman–Crippen MR) is 77.5 cm³/mol. The highest BCUT2D eigenvalue weighted by Crippen LogP contribution is 2.25. The third kappa shape index (κ3) is 4.47. The second-order valence-electron chi connectivity index (χ2n) is 4.67. The van der Waals surface area contributed by atoms with Gasteiger partial charge >= 0.3 is 0 Å². The van der Waals surface area contributed by atoms with Crippen LogP contribution in [0.2, 0.25) is 0 Å². The maximum Gasteiger partial charge on any atom is 0.258 e. The van der Waals surface area contributed by atoms with Crippen LogP contribution in [0, 0.1) is 0 Å². The topological polar surface area (TPSA) is 67.8 Å². The standard InChI is InChI=1S/C14H18BrNO4/c15-12-7-10(8-17)1-2-13(12)20-9-14(18)16-11-3-5-19-6-4-11/h1-2,7,11,17H,3-6,8-9H2,(H,16,18). The SMILES string of the molecule is O=C(COc1ccc(CO)cc1Br)NC1CCOCC1. The molecule has 1 heterocycles. The molecule has 2 N–H and O–H groups in total. The van der Waals surface area contributed by atoms with E-state index in [-0.39, 0.29) is 25.2 Å². The molecule has 1 aromatic carbocycles. The zero-order valence-corrected chi connectivity index (χ0v) is 12.7. The van der Waals surface area contributed by atoms with E-state index in [2.05, 4.69) is 21.2 Å². The number of ether oxygens (including phenoxy) is 2. The number of rotatable bonds is 5. The molecule has 0 atom stereocenters. The van der Waals surface area contributed by atoms with Gasteiger partial charge in [-0.3, -0.25) is 4.79 Å². The molecular formula is C14H18BrNO4. The van der Waals surface area contributed by atoms with Crippen LogP contribution < -0.4 is 10.1 Å². The van der Waals surface area contributed by atoms with Crippen LogP contribution >= 0.6 is 15.9 Å². The maximum absolute atomic E-state index is 11.8. The third-order valence-corrected chi connectivity index (χ3v) is 3.74. The molecular weight excluding hydrogens is 326 g/mol. The van der Waals surface area contributed by atoms with Crippen LogP contribution in [0.15, 0.2) is 22.7 Å². The molecule has 1 amide bonds. The fraction of sp³-hybridized carbons (Fsp3) is 0.500. The summed E-state index contributed by atoms with van der Waals surface area (Å²) in [6, 6.07) is 5.44. The molecule has 0 radical (unpaired) electrons. The molecule has 0 saturated carbocycles. The lowest BCUT2D eigenvalue weighted by Crippen LogP contribution is -2.41. The predicted octanol–water partition coefficient (Wildman–Crippen LogP) is 1.62. The second kappa shape index (κ2) is 7.61. The second-order valence-corrected chi connectivity index (χ2v) is 5.52. The van der Waals surface area contributed by atoms with Crippen LogP contribution in [0.1, 0.15) is 18.4 Å². The highest BCUT2D eigenvalue weighted by molar-refractivity contribution is 9.10. The Labute approximate surface area is 126 Å². The molecule has 1 saturated heterocycles. The molecule has 0 bridgehead atoms. The largest absolute Gasteiger partial charge is 0.483 e. The van der Waals surface area contributed by atoms with E-state index in [4.69, 9.17) is 14.6 Å². The van der Waals surface area contributed by atoms with Crippen LogP contribution in [0.4, 0.5) is 0 Å². The summed E-state index contributed by atoms with van der Waals surface area (Å²) in [5, 5.41) is 11.9. The van der Waals surface area contributed by atoms with Gasteiger partial charge < -0.3 is 19.9 Å². The van der Waals surface area contributed by atoms with E-state index >= 15 is 0 Å². The molecule has 1 aromatic rings. The Hall–Kier alpha value is -1.11. The molecule has 5 nitrogen and oxygen atoms in total. The Kier molecular flexibility index (Phi) is 5.82. The van der Waals surface area contributed by atoms with Gasteiger partial charge in [0.15, 0.2) is 6.61 Å². The zero-order chi connectivity index (χ0) is 14.4. The third-order valence-electron chi connectivity index (χ3n) is 3.12. The monoisotopic (exact) mass is 343 g/mol. The van der Waals surface area contributed by atoms with Gasteiger partial charge in [0.25, 0.3) is 5.91 Å². The lowest BCUT2D eigenvalue weighted by atomic mass is 10.1. The number of hydrogen-bond donors (Lipinski definition) is 2. The summed E-state index contributed by atoms with van der Waals surface area (Å²) in [5.74, 6) is 0.458. The molecule has 1 fully saturated rings. The van der Waals surface area contributed by atoms with Crippen molar-refractivity contribution >= 4 is 21.8 Å². The molecule has 0 unspecified atom stereocenters. The summed E-state index contributed by atoms with van der Waals surface area (Å²) in [4.78, 5) is 11.8. The number of benzene rings is 1. The van der Waals surface area contributed by atoms with Crippen molar-refractivity contribution in [3.05, 3.63) is 28.2 Å². The van der Waals surface area contributed by atoms with E-state index in [0.29, 0.717) is 19.0 Å².